The lowest BCUT2D eigenvalue weighted by Crippen LogP contribution is -2.60. The lowest BCUT2D eigenvalue weighted by atomic mass is 9.99. The van der Waals surface area contributed by atoms with E-state index in [1.165, 1.54) is 12.8 Å². The van der Waals surface area contributed by atoms with E-state index in [1.807, 2.05) is 0 Å². The van der Waals surface area contributed by atoms with Crippen molar-refractivity contribution in [2.45, 2.75) is 88.7 Å². The van der Waals surface area contributed by atoms with Crippen LogP contribution in [0.4, 0.5) is 0 Å². The van der Waals surface area contributed by atoms with Crippen LogP contribution in [0.15, 0.2) is 0 Å². The van der Waals surface area contributed by atoms with Crippen molar-refractivity contribution < 1.29 is 44.5 Å². The van der Waals surface area contributed by atoms with Gasteiger partial charge < -0.3 is 39.7 Å². The molecule has 9 nitrogen and oxygen atoms in total. The smallest absolute Gasteiger partial charge is 0.305 e. The Kier molecular flexibility index (Phi) is 12.0. The summed E-state index contributed by atoms with van der Waals surface area (Å²) in [5.74, 6) is -0.402. The minimum Gasteiger partial charge on any atom is -0.463 e. The molecule has 0 aromatic rings. The summed E-state index contributed by atoms with van der Waals surface area (Å²) in [5.41, 5.74) is 0. The van der Waals surface area contributed by atoms with E-state index in [1.54, 1.807) is 0 Å². The van der Waals surface area contributed by atoms with Crippen molar-refractivity contribution in [1.29, 1.82) is 0 Å². The lowest BCUT2D eigenvalue weighted by molar-refractivity contribution is -0.315. The lowest BCUT2D eigenvalue weighted by Gasteiger charge is -2.40. The number of unbranched alkanes of at least 4 members (excludes halogenated alkanes) is 5. The molecule has 5 N–H and O–H groups in total. The van der Waals surface area contributed by atoms with Gasteiger partial charge in [0.25, 0.3) is 0 Å². The molecule has 0 amide bonds. The van der Waals surface area contributed by atoms with E-state index in [2.05, 4.69) is 6.92 Å². The van der Waals surface area contributed by atoms with E-state index < -0.39 is 56.0 Å². The fourth-order valence-electron chi connectivity index (χ4n) is 2.81. The summed E-state index contributed by atoms with van der Waals surface area (Å²) in [6.45, 7) is 0.822. The van der Waals surface area contributed by atoms with Crippen LogP contribution in [0, 0.1) is 0 Å². The van der Waals surface area contributed by atoms with Gasteiger partial charge in [-0.05, 0) is 6.42 Å². The molecule has 1 rings (SSSR count). The molecule has 1 aliphatic rings. The highest BCUT2D eigenvalue weighted by atomic mass is 16.7. The second kappa shape index (κ2) is 13.4. The fourth-order valence-corrected chi connectivity index (χ4v) is 2.81. The molecule has 0 saturated carbocycles. The molecule has 6 atom stereocenters. The monoisotopic (exact) mass is 394 g/mol. The predicted octanol–water partition coefficient (Wildman–Crippen LogP) is -0.542. The summed E-state index contributed by atoms with van der Waals surface area (Å²) in [5, 5.41) is 47.9. The third-order valence-electron chi connectivity index (χ3n) is 4.54. The Morgan fingerprint density at radius 2 is 1.67 bits per heavy atom. The number of esters is 1. The van der Waals surface area contributed by atoms with E-state index in [-0.39, 0.29) is 13.0 Å². The summed E-state index contributed by atoms with van der Waals surface area (Å²) >= 11 is 0. The Hall–Kier alpha value is -0.810. The fraction of sp³-hybridized carbons (Fsp3) is 0.944. The first-order chi connectivity index (χ1) is 12.9. The van der Waals surface area contributed by atoms with Crippen LogP contribution in [0.25, 0.3) is 0 Å². The van der Waals surface area contributed by atoms with Crippen molar-refractivity contribution in [2.24, 2.45) is 0 Å². The molecular formula is C18H34O9. The standard InChI is InChI=1S/C18H34O9/c1-2-3-4-5-6-7-8-14(21)25-11-12(9-19)26-18-17(24)16(23)15(22)13(10-20)27-18/h12-13,15-20,22-24H,2-11H2,1H3/t12-,13-,15+,16+,17-,18-/m1/s1. The predicted molar refractivity (Wildman–Crippen MR) is 94.7 cm³/mol. The molecule has 0 unspecified atom stereocenters. The van der Waals surface area contributed by atoms with Crippen molar-refractivity contribution >= 4 is 5.97 Å². The van der Waals surface area contributed by atoms with Crippen LogP contribution in [-0.4, -0.2) is 88.1 Å². The molecule has 1 saturated heterocycles. The number of rotatable bonds is 13. The van der Waals surface area contributed by atoms with Crippen molar-refractivity contribution in [3.8, 4) is 0 Å². The van der Waals surface area contributed by atoms with Crippen molar-refractivity contribution in [3.63, 3.8) is 0 Å². The van der Waals surface area contributed by atoms with Gasteiger partial charge in [-0.2, -0.15) is 0 Å². The Labute approximate surface area is 159 Å². The van der Waals surface area contributed by atoms with Crippen molar-refractivity contribution in [1.82, 2.24) is 0 Å². The maximum Gasteiger partial charge on any atom is 0.305 e. The van der Waals surface area contributed by atoms with Gasteiger partial charge in [0.05, 0.1) is 13.2 Å². The molecule has 9 heteroatoms. The van der Waals surface area contributed by atoms with Gasteiger partial charge in [-0.3, -0.25) is 4.79 Å². The normalized spacial score (nSPS) is 29.5. The SMILES string of the molecule is CCCCCCCCC(=O)OC[C@@H](CO)O[C@@H]1O[C@H](CO)[C@H](O)[C@H](O)[C@H]1O. The molecule has 0 aromatic carbocycles. The second-order valence-corrected chi connectivity index (χ2v) is 6.84. The quantitative estimate of drug-likeness (QED) is 0.205. The molecular weight excluding hydrogens is 360 g/mol. The highest BCUT2D eigenvalue weighted by molar-refractivity contribution is 5.69. The maximum atomic E-state index is 11.8. The number of carbonyl (C=O) groups excluding carboxylic acids is 1. The summed E-state index contributed by atoms with van der Waals surface area (Å²) < 4.78 is 15.6. The van der Waals surface area contributed by atoms with Crippen LogP contribution < -0.4 is 0 Å². The summed E-state index contributed by atoms with van der Waals surface area (Å²) in [6.07, 6.45) is -1.52. The van der Waals surface area contributed by atoms with Crippen molar-refractivity contribution in [3.05, 3.63) is 0 Å². The van der Waals surface area contributed by atoms with Crippen molar-refractivity contribution in [2.75, 3.05) is 19.8 Å². The molecule has 0 spiro atoms. The van der Waals surface area contributed by atoms with Gasteiger partial charge in [0.15, 0.2) is 6.29 Å². The average molecular weight is 394 g/mol. The summed E-state index contributed by atoms with van der Waals surface area (Å²) in [7, 11) is 0. The van der Waals surface area contributed by atoms with Crippen LogP contribution >= 0.6 is 0 Å². The minimum atomic E-state index is -1.57. The number of carbonyl (C=O) groups is 1. The number of ether oxygens (including phenoxy) is 3. The second-order valence-electron chi connectivity index (χ2n) is 6.84. The largest absolute Gasteiger partial charge is 0.463 e. The van der Waals surface area contributed by atoms with Gasteiger partial charge in [-0.25, -0.2) is 0 Å². The molecule has 0 radical (unpaired) electrons. The molecule has 1 fully saturated rings. The van der Waals surface area contributed by atoms with Crippen LogP contribution in [0.3, 0.4) is 0 Å². The van der Waals surface area contributed by atoms with E-state index in [0.29, 0.717) is 0 Å². The Bertz CT molecular complexity index is 404. The van der Waals surface area contributed by atoms with E-state index in [9.17, 15) is 25.2 Å². The van der Waals surface area contributed by atoms with E-state index in [0.717, 1.165) is 25.7 Å². The first-order valence-electron chi connectivity index (χ1n) is 9.67. The number of aliphatic hydroxyl groups is 5. The van der Waals surface area contributed by atoms with Gasteiger partial charge in [0.1, 0.15) is 37.1 Å². The molecule has 0 aliphatic carbocycles. The maximum absolute atomic E-state index is 11.8. The minimum absolute atomic E-state index is 0.236. The zero-order valence-corrected chi connectivity index (χ0v) is 15.9. The zero-order valence-electron chi connectivity index (χ0n) is 15.9. The summed E-state index contributed by atoms with van der Waals surface area (Å²) in [6, 6.07) is 0. The first kappa shape index (κ1) is 24.2. The number of hydrogen-bond acceptors (Lipinski definition) is 9. The first-order valence-corrected chi connectivity index (χ1v) is 9.67. The van der Waals surface area contributed by atoms with Crippen LogP contribution in [0.1, 0.15) is 51.9 Å². The third-order valence-corrected chi connectivity index (χ3v) is 4.54. The highest BCUT2D eigenvalue weighted by Gasteiger charge is 2.44. The van der Waals surface area contributed by atoms with Crippen LogP contribution in [0.2, 0.25) is 0 Å². The summed E-state index contributed by atoms with van der Waals surface area (Å²) in [4.78, 5) is 11.8. The molecule has 160 valence electrons. The third kappa shape index (κ3) is 8.39. The van der Waals surface area contributed by atoms with Crippen LogP contribution in [-0.2, 0) is 19.0 Å². The van der Waals surface area contributed by atoms with Gasteiger partial charge in [0, 0.05) is 6.42 Å². The Balaban J connectivity index is 2.33. The van der Waals surface area contributed by atoms with Gasteiger partial charge >= 0.3 is 5.97 Å². The Morgan fingerprint density at radius 1 is 1.00 bits per heavy atom. The highest BCUT2D eigenvalue weighted by Crippen LogP contribution is 2.23. The molecule has 0 aromatic heterocycles. The molecule has 1 aliphatic heterocycles. The molecule has 1 heterocycles. The number of aliphatic hydroxyl groups excluding tert-OH is 5. The molecule has 27 heavy (non-hydrogen) atoms. The van der Waals surface area contributed by atoms with Gasteiger partial charge in [0.2, 0.25) is 0 Å². The molecule has 0 bridgehead atoms. The van der Waals surface area contributed by atoms with Gasteiger partial charge in [-0.15, -0.1) is 0 Å². The average Bonchev–Trinajstić information content (AvgIpc) is 2.67. The van der Waals surface area contributed by atoms with Crippen LogP contribution in [0.5, 0.6) is 0 Å². The zero-order chi connectivity index (χ0) is 20.2. The topological polar surface area (TPSA) is 146 Å². The Morgan fingerprint density at radius 3 is 2.30 bits per heavy atom. The van der Waals surface area contributed by atoms with Gasteiger partial charge in [-0.1, -0.05) is 39.0 Å². The van der Waals surface area contributed by atoms with E-state index in [4.69, 9.17) is 19.3 Å². The van der Waals surface area contributed by atoms with E-state index >= 15 is 0 Å². The number of hydrogen-bond donors (Lipinski definition) is 5.